The molecule has 1 fully saturated rings. The van der Waals surface area contributed by atoms with Crippen LogP contribution in [0.1, 0.15) is 26.7 Å². The van der Waals surface area contributed by atoms with Gasteiger partial charge in [0, 0.05) is 31.9 Å². The van der Waals surface area contributed by atoms with Gasteiger partial charge in [-0.3, -0.25) is 0 Å². The molecule has 0 saturated carbocycles. The highest BCUT2D eigenvalue weighted by Crippen LogP contribution is 2.32. The van der Waals surface area contributed by atoms with Crippen molar-refractivity contribution < 1.29 is 5.11 Å². The molecule has 7 heteroatoms. The highest BCUT2D eigenvalue weighted by Gasteiger charge is 2.23. The Morgan fingerprint density at radius 2 is 2.00 bits per heavy atom. The van der Waals surface area contributed by atoms with Gasteiger partial charge in [-0.2, -0.15) is 0 Å². The monoisotopic (exact) mass is 368 g/mol. The number of aromatic amines is 1. The van der Waals surface area contributed by atoms with Crippen LogP contribution in [0.25, 0.3) is 11.0 Å². The highest BCUT2D eigenvalue weighted by atomic mass is 35.5. The number of halogens is 1. The molecule has 0 spiro atoms. The Balaban J connectivity index is 1.80. The molecule has 0 unspecified atom stereocenters. The van der Waals surface area contributed by atoms with Gasteiger partial charge in [-0.05, 0) is 25.0 Å². The summed E-state index contributed by atoms with van der Waals surface area (Å²) >= 11 is 8.05. The van der Waals surface area contributed by atoms with Crippen LogP contribution in [0, 0.1) is 0 Å². The quantitative estimate of drug-likeness (QED) is 0.683. The summed E-state index contributed by atoms with van der Waals surface area (Å²) in [5.41, 5.74) is 2.28. The van der Waals surface area contributed by atoms with Crippen molar-refractivity contribution >= 4 is 40.1 Å². The van der Waals surface area contributed by atoms with E-state index in [1.807, 2.05) is 19.9 Å². The molecule has 0 atom stereocenters. The molecule has 1 saturated heterocycles. The van der Waals surface area contributed by atoms with Gasteiger partial charge in [-0.25, -0.2) is 4.98 Å². The second-order valence-corrected chi connectivity index (χ2v) is 7.69. The lowest BCUT2D eigenvalue weighted by molar-refractivity contribution is 0.0571. The molecular weight excluding hydrogens is 344 g/mol. The van der Waals surface area contributed by atoms with Crippen LogP contribution >= 0.6 is 23.4 Å². The van der Waals surface area contributed by atoms with Gasteiger partial charge < -0.3 is 20.3 Å². The highest BCUT2D eigenvalue weighted by molar-refractivity contribution is 7.99. The first kappa shape index (κ1) is 17.9. The van der Waals surface area contributed by atoms with E-state index in [1.165, 1.54) is 0 Å². The summed E-state index contributed by atoms with van der Waals surface area (Å²) in [6.45, 7) is 7.89. The summed E-state index contributed by atoms with van der Waals surface area (Å²) in [4.78, 5) is 10.3. The second-order valence-electron chi connectivity index (χ2n) is 6.32. The first-order valence-electron chi connectivity index (χ1n) is 8.55. The number of benzene rings is 1. The fraction of sp³-hybridized carbons (Fsp3) is 0.588. The van der Waals surface area contributed by atoms with Crippen molar-refractivity contribution in [3.63, 3.8) is 0 Å². The molecule has 0 radical (unpaired) electrons. The number of imidazole rings is 1. The lowest BCUT2D eigenvalue weighted by atomic mass is 10.0. The van der Waals surface area contributed by atoms with E-state index in [0.29, 0.717) is 5.75 Å². The van der Waals surface area contributed by atoms with E-state index in [2.05, 4.69) is 26.3 Å². The number of hydrogen-bond donors (Lipinski definition) is 3. The van der Waals surface area contributed by atoms with Crippen LogP contribution in [0.2, 0.25) is 5.02 Å². The van der Waals surface area contributed by atoms with Crippen molar-refractivity contribution in [1.82, 2.24) is 15.3 Å². The van der Waals surface area contributed by atoms with Crippen LogP contribution in [0.4, 0.5) is 5.69 Å². The standard InChI is InChI=1S/C17H25ClN4OS/c1-3-17(23,4-2)11-24-16-20-13-9-12(18)15(10-14(13)21-16)22-7-5-19-6-8-22/h9-10,19,23H,3-8,11H2,1-2H3,(H,20,21). The van der Waals surface area contributed by atoms with Crippen molar-refractivity contribution in [3.8, 4) is 0 Å². The van der Waals surface area contributed by atoms with E-state index in [9.17, 15) is 5.11 Å². The van der Waals surface area contributed by atoms with Gasteiger partial charge in [-0.1, -0.05) is 37.2 Å². The first-order chi connectivity index (χ1) is 11.5. The Bertz CT molecular complexity index is 695. The fourth-order valence-corrected chi connectivity index (χ4v) is 4.31. The number of thioether (sulfide) groups is 1. The molecule has 132 valence electrons. The predicted octanol–water partition coefficient (Wildman–Crippen LogP) is 3.27. The largest absolute Gasteiger partial charge is 0.389 e. The Labute approximate surface area is 152 Å². The molecule has 0 amide bonds. The zero-order valence-electron chi connectivity index (χ0n) is 14.2. The number of rotatable bonds is 6. The molecule has 1 aromatic carbocycles. The Hall–Kier alpha value is -0.950. The van der Waals surface area contributed by atoms with Crippen LogP contribution in [-0.4, -0.2) is 52.6 Å². The maximum atomic E-state index is 10.4. The zero-order valence-corrected chi connectivity index (χ0v) is 15.8. The molecule has 3 N–H and O–H groups in total. The van der Waals surface area contributed by atoms with E-state index < -0.39 is 5.60 Å². The van der Waals surface area contributed by atoms with Crippen LogP contribution < -0.4 is 10.2 Å². The molecule has 1 aliphatic rings. The molecule has 24 heavy (non-hydrogen) atoms. The minimum atomic E-state index is -0.632. The van der Waals surface area contributed by atoms with Gasteiger partial charge in [0.25, 0.3) is 0 Å². The summed E-state index contributed by atoms with van der Waals surface area (Å²) in [6, 6.07) is 4.02. The second kappa shape index (κ2) is 7.52. The van der Waals surface area contributed by atoms with Crippen LogP contribution in [0.5, 0.6) is 0 Å². The van der Waals surface area contributed by atoms with Gasteiger partial charge in [0.05, 0.1) is 27.3 Å². The van der Waals surface area contributed by atoms with Crippen molar-refractivity contribution in [2.75, 3.05) is 36.8 Å². The van der Waals surface area contributed by atoms with E-state index in [1.54, 1.807) is 11.8 Å². The van der Waals surface area contributed by atoms with E-state index in [0.717, 1.165) is 65.9 Å². The summed E-state index contributed by atoms with van der Waals surface area (Å²) in [5, 5.41) is 15.4. The number of nitrogens with zero attached hydrogens (tertiary/aromatic N) is 2. The molecular formula is C17H25ClN4OS. The molecule has 1 aliphatic heterocycles. The van der Waals surface area contributed by atoms with Gasteiger partial charge in [0.15, 0.2) is 5.16 Å². The molecule has 3 rings (SSSR count). The number of piperazine rings is 1. The number of fused-ring (bicyclic) bond motifs is 1. The van der Waals surface area contributed by atoms with E-state index >= 15 is 0 Å². The first-order valence-corrected chi connectivity index (χ1v) is 9.91. The van der Waals surface area contributed by atoms with E-state index in [-0.39, 0.29) is 0 Å². The van der Waals surface area contributed by atoms with Crippen LogP contribution in [0.3, 0.4) is 0 Å². The summed E-state index contributed by atoms with van der Waals surface area (Å²) in [7, 11) is 0. The molecule has 0 bridgehead atoms. The van der Waals surface area contributed by atoms with Gasteiger partial charge in [0.1, 0.15) is 0 Å². The summed E-state index contributed by atoms with van der Waals surface area (Å²) in [6.07, 6.45) is 1.49. The van der Waals surface area contributed by atoms with Crippen LogP contribution in [-0.2, 0) is 0 Å². The minimum absolute atomic E-state index is 0.632. The third-order valence-electron chi connectivity index (χ3n) is 4.78. The lowest BCUT2D eigenvalue weighted by Gasteiger charge is -2.30. The molecule has 0 aliphatic carbocycles. The maximum Gasteiger partial charge on any atom is 0.166 e. The molecule has 5 nitrogen and oxygen atoms in total. The number of anilines is 1. The summed E-state index contributed by atoms with van der Waals surface area (Å²) in [5.74, 6) is 0.637. The SMILES string of the molecule is CCC(O)(CC)CSc1nc2cc(N3CCNCC3)c(Cl)cc2[nH]1. The minimum Gasteiger partial charge on any atom is -0.389 e. The fourth-order valence-electron chi connectivity index (χ4n) is 2.87. The van der Waals surface area contributed by atoms with Crippen molar-refractivity contribution in [1.29, 1.82) is 0 Å². The molecule has 2 heterocycles. The Morgan fingerprint density at radius 1 is 1.29 bits per heavy atom. The van der Waals surface area contributed by atoms with Gasteiger partial charge in [-0.15, -0.1) is 0 Å². The summed E-state index contributed by atoms with van der Waals surface area (Å²) < 4.78 is 0. The van der Waals surface area contributed by atoms with Crippen molar-refractivity contribution in [2.24, 2.45) is 0 Å². The maximum absolute atomic E-state index is 10.4. The normalized spacial score (nSPS) is 16.1. The average Bonchev–Trinajstić information content (AvgIpc) is 3.01. The van der Waals surface area contributed by atoms with Gasteiger partial charge >= 0.3 is 0 Å². The number of nitrogens with one attached hydrogen (secondary N) is 2. The Kier molecular flexibility index (Phi) is 5.59. The smallest absolute Gasteiger partial charge is 0.166 e. The average molecular weight is 369 g/mol. The number of aliphatic hydroxyl groups is 1. The number of aromatic nitrogens is 2. The number of hydrogen-bond acceptors (Lipinski definition) is 5. The topological polar surface area (TPSA) is 64.2 Å². The number of H-pyrrole nitrogens is 1. The third-order valence-corrected chi connectivity index (χ3v) is 6.23. The molecule has 1 aromatic heterocycles. The molecule has 2 aromatic rings. The van der Waals surface area contributed by atoms with Crippen molar-refractivity contribution in [2.45, 2.75) is 37.4 Å². The van der Waals surface area contributed by atoms with E-state index in [4.69, 9.17) is 11.6 Å². The van der Waals surface area contributed by atoms with Crippen LogP contribution in [0.15, 0.2) is 17.3 Å². The zero-order chi connectivity index (χ0) is 17.2. The van der Waals surface area contributed by atoms with Gasteiger partial charge in [0.2, 0.25) is 0 Å². The predicted molar refractivity (Wildman–Crippen MR) is 102 cm³/mol. The Morgan fingerprint density at radius 3 is 2.67 bits per heavy atom. The van der Waals surface area contributed by atoms with Crippen molar-refractivity contribution in [3.05, 3.63) is 17.2 Å². The lowest BCUT2D eigenvalue weighted by Crippen LogP contribution is -2.43. The third kappa shape index (κ3) is 3.82.